The minimum atomic E-state index is -0.438. The van der Waals surface area contributed by atoms with Gasteiger partial charge in [-0.1, -0.05) is 6.07 Å². The number of nitriles is 1. The van der Waals surface area contributed by atoms with Gasteiger partial charge in [-0.3, -0.25) is 9.69 Å². The molecule has 1 aromatic carbocycles. The second-order valence-corrected chi connectivity index (χ2v) is 8.07. The molecule has 0 spiro atoms. The van der Waals surface area contributed by atoms with Crippen molar-refractivity contribution >= 4 is 23.5 Å². The van der Waals surface area contributed by atoms with Gasteiger partial charge in [0.1, 0.15) is 18.5 Å². The van der Waals surface area contributed by atoms with Crippen LogP contribution >= 0.6 is 0 Å². The van der Waals surface area contributed by atoms with Gasteiger partial charge in [0.25, 0.3) is 5.91 Å². The van der Waals surface area contributed by atoms with Gasteiger partial charge in [0.15, 0.2) is 0 Å². The van der Waals surface area contributed by atoms with E-state index < -0.39 is 6.09 Å². The maximum absolute atomic E-state index is 13.1. The summed E-state index contributed by atoms with van der Waals surface area (Å²) in [7, 11) is 0. The molecule has 2 aromatic rings. The van der Waals surface area contributed by atoms with Crippen LogP contribution in [0.1, 0.15) is 34.0 Å². The highest BCUT2D eigenvalue weighted by molar-refractivity contribution is 5.98. The monoisotopic (exact) mass is 419 g/mol. The lowest BCUT2D eigenvalue weighted by Crippen LogP contribution is -2.49. The molecule has 8 nitrogen and oxygen atoms in total. The zero-order valence-electron chi connectivity index (χ0n) is 18.0. The Morgan fingerprint density at radius 1 is 1.19 bits per heavy atom. The summed E-state index contributed by atoms with van der Waals surface area (Å²) in [6.45, 7) is 8.71. The van der Waals surface area contributed by atoms with Crippen LogP contribution in [0.4, 0.5) is 16.3 Å². The first kappa shape index (κ1) is 20.7. The number of aromatic nitrogens is 1. The first-order chi connectivity index (χ1) is 14.9. The number of aryl methyl sites for hydroxylation is 2. The van der Waals surface area contributed by atoms with Crippen molar-refractivity contribution in [3.05, 3.63) is 52.7 Å². The highest BCUT2D eigenvalue weighted by atomic mass is 16.6. The average molecular weight is 419 g/mol. The summed E-state index contributed by atoms with van der Waals surface area (Å²) in [4.78, 5) is 35.1. The highest BCUT2D eigenvalue weighted by Crippen LogP contribution is 2.27. The molecule has 0 saturated carbocycles. The van der Waals surface area contributed by atoms with Gasteiger partial charge in [-0.25, -0.2) is 9.78 Å². The van der Waals surface area contributed by atoms with Crippen molar-refractivity contribution in [2.24, 2.45) is 0 Å². The Balaban J connectivity index is 1.49. The van der Waals surface area contributed by atoms with Crippen molar-refractivity contribution in [2.75, 3.05) is 42.6 Å². The van der Waals surface area contributed by atoms with Crippen LogP contribution in [0.15, 0.2) is 30.5 Å². The third-order valence-corrected chi connectivity index (χ3v) is 5.77. The van der Waals surface area contributed by atoms with Gasteiger partial charge in [-0.05, 0) is 50.1 Å². The summed E-state index contributed by atoms with van der Waals surface area (Å²) in [5.41, 5.74) is 3.42. The van der Waals surface area contributed by atoms with Crippen LogP contribution in [0, 0.1) is 25.2 Å². The molecule has 0 bridgehead atoms. The quantitative estimate of drug-likeness (QED) is 0.760. The number of pyridine rings is 1. The molecule has 0 aliphatic carbocycles. The summed E-state index contributed by atoms with van der Waals surface area (Å²) < 4.78 is 5.06. The number of amides is 2. The van der Waals surface area contributed by atoms with Gasteiger partial charge >= 0.3 is 6.09 Å². The van der Waals surface area contributed by atoms with Crippen LogP contribution in [-0.4, -0.2) is 60.7 Å². The molecule has 8 heteroatoms. The van der Waals surface area contributed by atoms with E-state index in [9.17, 15) is 14.9 Å². The van der Waals surface area contributed by atoms with E-state index >= 15 is 0 Å². The van der Waals surface area contributed by atoms with E-state index in [2.05, 4.69) is 22.0 Å². The van der Waals surface area contributed by atoms with E-state index in [4.69, 9.17) is 4.74 Å². The molecule has 2 aliphatic rings. The minimum Gasteiger partial charge on any atom is -0.447 e. The number of cyclic esters (lactones) is 1. The molecule has 2 amide bonds. The van der Waals surface area contributed by atoms with Gasteiger partial charge in [-0.15, -0.1) is 0 Å². The topological polar surface area (TPSA) is 89.8 Å². The molecule has 3 heterocycles. The molecule has 31 heavy (non-hydrogen) atoms. The molecule has 2 saturated heterocycles. The van der Waals surface area contributed by atoms with E-state index in [1.807, 2.05) is 27.0 Å². The van der Waals surface area contributed by atoms with Gasteiger partial charge in [-0.2, -0.15) is 5.26 Å². The predicted molar refractivity (Wildman–Crippen MR) is 116 cm³/mol. The fraction of sp³-hybridized carbons (Fsp3) is 0.391. The third-order valence-electron chi connectivity index (χ3n) is 5.77. The third kappa shape index (κ3) is 3.91. The smallest absolute Gasteiger partial charge is 0.414 e. The fourth-order valence-corrected chi connectivity index (χ4v) is 4.17. The average Bonchev–Trinajstić information content (AvgIpc) is 3.11. The molecule has 0 unspecified atom stereocenters. The largest absolute Gasteiger partial charge is 0.447 e. The lowest BCUT2D eigenvalue weighted by atomic mass is 10.0. The van der Waals surface area contributed by atoms with E-state index in [1.54, 1.807) is 23.1 Å². The van der Waals surface area contributed by atoms with Crippen LogP contribution in [0.5, 0.6) is 0 Å². The summed E-state index contributed by atoms with van der Waals surface area (Å²) >= 11 is 0. The fourth-order valence-electron chi connectivity index (χ4n) is 4.17. The molecular formula is C23H25N5O3. The zero-order valence-corrected chi connectivity index (χ0v) is 18.0. The Morgan fingerprint density at radius 2 is 1.94 bits per heavy atom. The van der Waals surface area contributed by atoms with Crippen LogP contribution in [-0.2, 0) is 4.74 Å². The van der Waals surface area contributed by atoms with Crippen molar-refractivity contribution in [3.8, 4) is 6.07 Å². The number of ether oxygens (including phenoxy) is 1. The number of carbonyl (C=O) groups excluding carboxylic acids is 2. The molecule has 2 fully saturated rings. The normalized spacial score (nSPS) is 18.7. The number of nitrogens with zero attached hydrogens (tertiary/aromatic N) is 5. The Morgan fingerprint density at radius 3 is 2.55 bits per heavy atom. The van der Waals surface area contributed by atoms with E-state index in [0.29, 0.717) is 44.0 Å². The van der Waals surface area contributed by atoms with Gasteiger partial charge < -0.3 is 14.5 Å². The van der Waals surface area contributed by atoms with Crippen LogP contribution in [0.2, 0.25) is 0 Å². The molecule has 1 aromatic heterocycles. The number of benzene rings is 1. The number of anilines is 2. The summed E-state index contributed by atoms with van der Waals surface area (Å²) in [6.07, 6.45) is 1.42. The van der Waals surface area contributed by atoms with Crippen molar-refractivity contribution in [3.63, 3.8) is 0 Å². The van der Waals surface area contributed by atoms with Crippen molar-refractivity contribution in [2.45, 2.75) is 26.8 Å². The zero-order chi connectivity index (χ0) is 22.1. The van der Waals surface area contributed by atoms with E-state index in [1.165, 1.54) is 4.90 Å². The highest BCUT2D eigenvalue weighted by Gasteiger charge is 2.32. The molecule has 0 N–H and O–H groups in total. The molecule has 160 valence electrons. The van der Waals surface area contributed by atoms with Crippen LogP contribution in [0.25, 0.3) is 0 Å². The Bertz CT molecular complexity index is 1070. The summed E-state index contributed by atoms with van der Waals surface area (Å²) in [6, 6.07) is 9.02. The van der Waals surface area contributed by atoms with Gasteiger partial charge in [0, 0.05) is 38.1 Å². The second-order valence-electron chi connectivity index (χ2n) is 8.07. The van der Waals surface area contributed by atoms with E-state index in [0.717, 1.165) is 16.9 Å². The molecule has 2 aliphatic heterocycles. The SMILES string of the molecule is Cc1cnc(N2CCN(C(=O)c3ccc(N4C(=O)OC[C@H]4C)cc3C#N)CC2)c(C)c1. The van der Waals surface area contributed by atoms with Gasteiger partial charge in [0.05, 0.1) is 17.2 Å². The number of carbonyl (C=O) groups is 2. The minimum absolute atomic E-state index is 0.118. The number of hydrogen-bond donors (Lipinski definition) is 0. The number of hydrogen-bond acceptors (Lipinski definition) is 6. The first-order valence-corrected chi connectivity index (χ1v) is 10.4. The van der Waals surface area contributed by atoms with Crippen LogP contribution < -0.4 is 9.80 Å². The van der Waals surface area contributed by atoms with Crippen molar-refractivity contribution < 1.29 is 14.3 Å². The Labute approximate surface area is 181 Å². The maximum Gasteiger partial charge on any atom is 0.414 e. The van der Waals surface area contributed by atoms with Crippen molar-refractivity contribution in [1.29, 1.82) is 5.26 Å². The van der Waals surface area contributed by atoms with Crippen molar-refractivity contribution in [1.82, 2.24) is 9.88 Å². The predicted octanol–water partition coefficient (Wildman–Crippen LogP) is 2.88. The standard InChI is InChI=1S/C23H25N5O3/c1-15-10-16(2)21(25-13-15)26-6-8-27(9-7-26)22(29)20-5-4-19(11-18(20)12-24)28-17(3)14-31-23(28)30/h4-5,10-11,13,17H,6-9,14H2,1-3H3/t17-/m1/s1. The number of rotatable bonds is 3. The number of piperazine rings is 1. The molecular weight excluding hydrogens is 394 g/mol. The lowest BCUT2D eigenvalue weighted by Gasteiger charge is -2.36. The second kappa shape index (κ2) is 8.26. The molecule has 0 radical (unpaired) electrons. The van der Waals surface area contributed by atoms with E-state index in [-0.39, 0.29) is 17.5 Å². The van der Waals surface area contributed by atoms with Gasteiger partial charge in [0.2, 0.25) is 0 Å². The summed E-state index contributed by atoms with van der Waals surface area (Å²) in [5.74, 6) is 0.778. The first-order valence-electron chi connectivity index (χ1n) is 10.4. The Hall–Kier alpha value is -3.60. The molecule has 1 atom stereocenters. The van der Waals surface area contributed by atoms with Crippen LogP contribution in [0.3, 0.4) is 0 Å². The molecule has 4 rings (SSSR count). The lowest BCUT2D eigenvalue weighted by molar-refractivity contribution is 0.0746. The maximum atomic E-state index is 13.1. The Kier molecular flexibility index (Phi) is 5.51. The summed E-state index contributed by atoms with van der Waals surface area (Å²) in [5, 5.41) is 9.64.